The van der Waals surface area contributed by atoms with Crippen molar-refractivity contribution in [3.63, 3.8) is 0 Å². The van der Waals surface area contributed by atoms with Crippen LogP contribution in [0.25, 0.3) is 11.4 Å². The number of nitrogens with one attached hydrogen (secondary N) is 2. The SMILES string of the molecule is Cc1ccc(NC(=O)CSc2nnc(-c3ccc(NC(=O)c4ccc(C(C)(C)C)cc4)cc3)n2C)cc1. The van der Waals surface area contributed by atoms with Gasteiger partial charge in [-0.1, -0.05) is 62.4 Å². The van der Waals surface area contributed by atoms with Gasteiger partial charge in [-0.2, -0.15) is 0 Å². The molecule has 0 spiro atoms. The molecule has 37 heavy (non-hydrogen) atoms. The fourth-order valence-electron chi connectivity index (χ4n) is 3.68. The Hall–Kier alpha value is -3.91. The summed E-state index contributed by atoms with van der Waals surface area (Å²) in [5.41, 5.74) is 5.29. The summed E-state index contributed by atoms with van der Waals surface area (Å²) in [6.45, 7) is 8.44. The molecule has 0 atom stereocenters. The van der Waals surface area contributed by atoms with E-state index in [0.29, 0.717) is 22.2 Å². The van der Waals surface area contributed by atoms with Crippen LogP contribution in [-0.4, -0.2) is 32.3 Å². The number of nitrogens with zero attached hydrogens (tertiary/aromatic N) is 3. The van der Waals surface area contributed by atoms with Crippen molar-refractivity contribution >= 4 is 35.0 Å². The van der Waals surface area contributed by atoms with Gasteiger partial charge in [0.05, 0.1) is 5.75 Å². The van der Waals surface area contributed by atoms with Crippen molar-refractivity contribution in [3.05, 3.63) is 89.5 Å². The average molecular weight is 514 g/mol. The lowest BCUT2D eigenvalue weighted by atomic mass is 9.87. The van der Waals surface area contributed by atoms with Gasteiger partial charge in [-0.05, 0) is 66.4 Å². The van der Waals surface area contributed by atoms with Crippen molar-refractivity contribution in [3.8, 4) is 11.4 Å². The highest BCUT2D eigenvalue weighted by atomic mass is 32.2. The van der Waals surface area contributed by atoms with Crippen LogP contribution in [0.4, 0.5) is 11.4 Å². The van der Waals surface area contributed by atoms with Crippen LogP contribution in [0.1, 0.15) is 42.3 Å². The lowest BCUT2D eigenvalue weighted by Gasteiger charge is -2.19. The van der Waals surface area contributed by atoms with Crippen LogP contribution in [0.3, 0.4) is 0 Å². The number of aromatic nitrogens is 3. The van der Waals surface area contributed by atoms with Gasteiger partial charge in [0, 0.05) is 29.5 Å². The number of benzene rings is 3. The molecule has 2 amide bonds. The first-order chi connectivity index (χ1) is 17.6. The normalized spacial score (nSPS) is 11.3. The molecule has 4 aromatic rings. The number of anilines is 2. The van der Waals surface area contributed by atoms with E-state index in [1.165, 1.54) is 17.3 Å². The number of aryl methyl sites for hydroxylation is 1. The molecular weight excluding hydrogens is 482 g/mol. The number of rotatable bonds is 7. The minimum Gasteiger partial charge on any atom is -0.325 e. The van der Waals surface area contributed by atoms with Crippen molar-refractivity contribution in [2.75, 3.05) is 16.4 Å². The second-order valence-electron chi connectivity index (χ2n) is 9.93. The molecule has 190 valence electrons. The summed E-state index contributed by atoms with van der Waals surface area (Å²) in [5, 5.41) is 15.0. The van der Waals surface area contributed by atoms with Gasteiger partial charge in [-0.25, -0.2) is 0 Å². The Labute approximate surface area is 221 Å². The summed E-state index contributed by atoms with van der Waals surface area (Å²) in [6, 6.07) is 22.8. The highest BCUT2D eigenvalue weighted by Crippen LogP contribution is 2.25. The van der Waals surface area contributed by atoms with E-state index in [2.05, 4.69) is 41.6 Å². The monoisotopic (exact) mass is 513 g/mol. The number of thioether (sulfide) groups is 1. The van der Waals surface area contributed by atoms with Crippen LogP contribution < -0.4 is 10.6 Å². The van der Waals surface area contributed by atoms with Crippen molar-refractivity contribution in [1.29, 1.82) is 0 Å². The van der Waals surface area contributed by atoms with Gasteiger partial charge in [0.1, 0.15) is 0 Å². The zero-order valence-corrected chi connectivity index (χ0v) is 22.5. The molecule has 0 saturated carbocycles. The quantitative estimate of drug-likeness (QED) is 0.293. The summed E-state index contributed by atoms with van der Waals surface area (Å²) < 4.78 is 1.86. The van der Waals surface area contributed by atoms with E-state index in [1.807, 2.05) is 91.3 Å². The number of carbonyl (C=O) groups excluding carboxylic acids is 2. The van der Waals surface area contributed by atoms with Crippen LogP contribution in [0.5, 0.6) is 0 Å². The van der Waals surface area contributed by atoms with E-state index in [0.717, 1.165) is 16.8 Å². The molecule has 0 aliphatic rings. The molecule has 1 aromatic heterocycles. The average Bonchev–Trinajstić information content (AvgIpc) is 3.24. The summed E-state index contributed by atoms with van der Waals surface area (Å²) in [7, 11) is 1.87. The third kappa shape index (κ3) is 6.65. The fraction of sp³-hybridized carbons (Fsp3) is 0.241. The minimum absolute atomic E-state index is 0.0386. The number of hydrogen-bond acceptors (Lipinski definition) is 5. The largest absolute Gasteiger partial charge is 0.325 e. The van der Waals surface area contributed by atoms with Gasteiger partial charge in [0.25, 0.3) is 5.91 Å². The maximum atomic E-state index is 12.7. The number of carbonyl (C=O) groups is 2. The Morgan fingerprint density at radius 2 is 1.43 bits per heavy atom. The first-order valence-corrected chi connectivity index (χ1v) is 13.0. The molecule has 8 heteroatoms. The van der Waals surface area contributed by atoms with Crippen LogP contribution >= 0.6 is 11.8 Å². The van der Waals surface area contributed by atoms with Crippen molar-refractivity contribution < 1.29 is 9.59 Å². The molecule has 4 rings (SSSR count). The molecular formula is C29H31N5O2S. The standard InChI is InChI=1S/C29H31N5O2S/c1-19-6-14-23(15-7-19)30-25(35)18-37-28-33-32-26(34(28)5)20-10-16-24(17-11-20)31-27(36)21-8-12-22(13-9-21)29(2,3)4/h6-17H,18H2,1-5H3,(H,30,35)(H,31,36). The van der Waals surface area contributed by atoms with Crippen LogP contribution in [0.2, 0.25) is 0 Å². The van der Waals surface area contributed by atoms with Crippen molar-refractivity contribution in [2.24, 2.45) is 7.05 Å². The lowest BCUT2D eigenvalue weighted by Crippen LogP contribution is -2.14. The molecule has 0 radical (unpaired) electrons. The van der Waals surface area contributed by atoms with E-state index < -0.39 is 0 Å². The smallest absolute Gasteiger partial charge is 0.255 e. The topological polar surface area (TPSA) is 88.9 Å². The van der Waals surface area contributed by atoms with E-state index in [4.69, 9.17) is 0 Å². The minimum atomic E-state index is -0.158. The zero-order valence-electron chi connectivity index (χ0n) is 21.7. The molecule has 7 nitrogen and oxygen atoms in total. The molecule has 0 bridgehead atoms. The summed E-state index contributed by atoms with van der Waals surface area (Å²) in [5.74, 6) is 0.639. The summed E-state index contributed by atoms with van der Waals surface area (Å²) >= 11 is 1.32. The van der Waals surface area contributed by atoms with Gasteiger partial charge < -0.3 is 15.2 Å². The van der Waals surface area contributed by atoms with E-state index >= 15 is 0 Å². The van der Waals surface area contributed by atoms with Crippen molar-refractivity contribution in [2.45, 2.75) is 38.3 Å². The third-order valence-electron chi connectivity index (χ3n) is 5.92. The van der Waals surface area contributed by atoms with Crippen LogP contribution in [0, 0.1) is 6.92 Å². The highest BCUT2D eigenvalue weighted by molar-refractivity contribution is 7.99. The fourth-order valence-corrected chi connectivity index (χ4v) is 4.39. The predicted molar refractivity (Wildman–Crippen MR) is 150 cm³/mol. The molecule has 0 unspecified atom stereocenters. The maximum absolute atomic E-state index is 12.7. The summed E-state index contributed by atoms with van der Waals surface area (Å²) in [6.07, 6.45) is 0. The Morgan fingerprint density at radius 1 is 0.838 bits per heavy atom. The van der Waals surface area contributed by atoms with Gasteiger partial charge in [-0.15, -0.1) is 10.2 Å². The molecule has 2 N–H and O–H groups in total. The summed E-state index contributed by atoms with van der Waals surface area (Å²) in [4.78, 5) is 25.0. The second-order valence-corrected chi connectivity index (χ2v) is 10.9. The molecule has 1 heterocycles. The Bertz CT molecular complexity index is 1390. The van der Waals surface area contributed by atoms with Gasteiger partial charge in [0.15, 0.2) is 11.0 Å². The molecule has 0 aliphatic heterocycles. The second kappa shape index (κ2) is 11.0. The molecule has 0 fully saturated rings. The van der Waals surface area contributed by atoms with Crippen LogP contribution in [0.15, 0.2) is 78.0 Å². The van der Waals surface area contributed by atoms with Crippen LogP contribution in [-0.2, 0) is 17.3 Å². The Morgan fingerprint density at radius 3 is 2.05 bits per heavy atom. The lowest BCUT2D eigenvalue weighted by molar-refractivity contribution is -0.113. The van der Waals surface area contributed by atoms with Gasteiger partial charge in [-0.3, -0.25) is 9.59 Å². The predicted octanol–water partition coefficient (Wildman–Crippen LogP) is 6.07. The zero-order chi connectivity index (χ0) is 26.6. The van der Waals surface area contributed by atoms with Gasteiger partial charge in [0.2, 0.25) is 5.91 Å². The van der Waals surface area contributed by atoms with Gasteiger partial charge >= 0.3 is 0 Å². The molecule has 3 aromatic carbocycles. The maximum Gasteiger partial charge on any atom is 0.255 e. The first-order valence-electron chi connectivity index (χ1n) is 12.0. The Balaban J connectivity index is 1.35. The molecule has 0 saturated heterocycles. The highest BCUT2D eigenvalue weighted by Gasteiger charge is 2.16. The molecule has 0 aliphatic carbocycles. The number of amides is 2. The van der Waals surface area contributed by atoms with Crippen molar-refractivity contribution in [1.82, 2.24) is 14.8 Å². The first kappa shape index (κ1) is 26.2. The van der Waals surface area contributed by atoms with E-state index in [9.17, 15) is 9.59 Å². The van der Waals surface area contributed by atoms with E-state index in [-0.39, 0.29) is 23.0 Å². The Kier molecular flexibility index (Phi) is 7.78. The van der Waals surface area contributed by atoms with E-state index in [1.54, 1.807) is 0 Å². The third-order valence-corrected chi connectivity index (χ3v) is 6.94. The number of hydrogen-bond donors (Lipinski definition) is 2.